The van der Waals surface area contributed by atoms with Crippen molar-refractivity contribution >= 4 is 51.8 Å². The highest BCUT2D eigenvalue weighted by Gasteiger charge is 2.20. The highest BCUT2D eigenvalue weighted by molar-refractivity contribution is 14.1. The van der Waals surface area contributed by atoms with Gasteiger partial charge < -0.3 is 10.1 Å². The summed E-state index contributed by atoms with van der Waals surface area (Å²) < 4.78 is 6.00. The summed E-state index contributed by atoms with van der Waals surface area (Å²) in [6, 6.07) is 12.3. The number of amides is 1. The van der Waals surface area contributed by atoms with Crippen molar-refractivity contribution in [2.24, 2.45) is 0 Å². The molecule has 4 nitrogen and oxygen atoms in total. The SMILES string of the molecule is Cc1ccc(Cl)cc1NC(=O)C(C)OC(=O)c1ccccc1I. The predicted molar refractivity (Wildman–Crippen MR) is 98.9 cm³/mol. The normalized spacial score (nSPS) is 11.7. The number of nitrogens with one attached hydrogen (secondary N) is 1. The van der Waals surface area contributed by atoms with Gasteiger partial charge in [-0.25, -0.2) is 4.79 Å². The second-order valence-corrected chi connectivity index (χ2v) is 6.57. The highest BCUT2D eigenvalue weighted by Crippen LogP contribution is 2.21. The van der Waals surface area contributed by atoms with Crippen LogP contribution in [0.25, 0.3) is 0 Å². The number of ether oxygens (including phenoxy) is 1. The van der Waals surface area contributed by atoms with Crippen LogP contribution in [-0.4, -0.2) is 18.0 Å². The van der Waals surface area contributed by atoms with Gasteiger partial charge in [0.25, 0.3) is 5.91 Å². The number of halogens is 2. The van der Waals surface area contributed by atoms with Gasteiger partial charge in [-0.15, -0.1) is 0 Å². The standard InChI is InChI=1S/C17H15ClINO3/c1-10-7-8-12(18)9-15(10)20-16(21)11(2)23-17(22)13-5-3-4-6-14(13)19/h3-9,11H,1-2H3,(H,20,21). The van der Waals surface area contributed by atoms with Crippen molar-refractivity contribution in [1.29, 1.82) is 0 Å². The fourth-order valence-corrected chi connectivity index (χ4v) is 2.65. The van der Waals surface area contributed by atoms with Crippen LogP contribution in [0.15, 0.2) is 42.5 Å². The smallest absolute Gasteiger partial charge is 0.339 e. The molecular weight excluding hydrogens is 429 g/mol. The quantitative estimate of drug-likeness (QED) is 0.562. The summed E-state index contributed by atoms with van der Waals surface area (Å²) in [5.41, 5.74) is 1.91. The lowest BCUT2D eigenvalue weighted by Gasteiger charge is -2.15. The zero-order valence-corrected chi connectivity index (χ0v) is 15.5. The Morgan fingerprint density at radius 2 is 1.91 bits per heavy atom. The van der Waals surface area contributed by atoms with Gasteiger partial charge in [-0.1, -0.05) is 29.8 Å². The topological polar surface area (TPSA) is 55.4 Å². The highest BCUT2D eigenvalue weighted by atomic mass is 127. The second kappa shape index (κ2) is 7.79. The summed E-state index contributed by atoms with van der Waals surface area (Å²) in [7, 11) is 0. The summed E-state index contributed by atoms with van der Waals surface area (Å²) in [4.78, 5) is 24.3. The summed E-state index contributed by atoms with van der Waals surface area (Å²) in [6.45, 7) is 3.39. The van der Waals surface area contributed by atoms with Gasteiger partial charge in [0.2, 0.25) is 0 Å². The largest absolute Gasteiger partial charge is 0.449 e. The first kappa shape index (κ1) is 17.7. The Bertz CT molecular complexity index is 748. The van der Waals surface area contributed by atoms with Crippen LogP contribution in [0.2, 0.25) is 5.02 Å². The Morgan fingerprint density at radius 3 is 2.61 bits per heavy atom. The van der Waals surface area contributed by atoms with E-state index in [0.717, 1.165) is 9.13 Å². The summed E-state index contributed by atoms with van der Waals surface area (Å²) >= 11 is 7.97. The zero-order chi connectivity index (χ0) is 17.0. The number of rotatable bonds is 4. The van der Waals surface area contributed by atoms with Gasteiger partial charge in [-0.3, -0.25) is 4.79 Å². The van der Waals surface area contributed by atoms with E-state index >= 15 is 0 Å². The molecule has 2 aromatic rings. The minimum absolute atomic E-state index is 0.408. The van der Waals surface area contributed by atoms with Crippen molar-refractivity contribution in [3.63, 3.8) is 0 Å². The van der Waals surface area contributed by atoms with Crippen LogP contribution < -0.4 is 5.32 Å². The molecule has 0 saturated heterocycles. The van der Waals surface area contributed by atoms with E-state index in [2.05, 4.69) is 27.9 Å². The summed E-state index contributed by atoms with van der Waals surface area (Å²) in [5, 5.41) is 3.24. The van der Waals surface area contributed by atoms with E-state index in [9.17, 15) is 9.59 Å². The minimum atomic E-state index is -0.920. The lowest BCUT2D eigenvalue weighted by Crippen LogP contribution is -2.30. The van der Waals surface area contributed by atoms with Crippen LogP contribution in [0.4, 0.5) is 5.69 Å². The molecule has 1 atom stereocenters. The van der Waals surface area contributed by atoms with Gasteiger partial charge >= 0.3 is 5.97 Å². The van der Waals surface area contributed by atoms with Crippen LogP contribution in [0.5, 0.6) is 0 Å². The average Bonchev–Trinajstić information content (AvgIpc) is 2.51. The molecule has 2 aromatic carbocycles. The molecule has 120 valence electrons. The zero-order valence-electron chi connectivity index (χ0n) is 12.6. The molecule has 2 rings (SSSR count). The van der Waals surface area contributed by atoms with Gasteiger partial charge in [0.05, 0.1) is 5.56 Å². The molecule has 0 aliphatic carbocycles. The van der Waals surface area contributed by atoms with Crippen molar-refractivity contribution < 1.29 is 14.3 Å². The molecule has 1 unspecified atom stereocenters. The van der Waals surface area contributed by atoms with Crippen LogP contribution in [0.1, 0.15) is 22.8 Å². The molecule has 1 amide bonds. The number of hydrogen-bond acceptors (Lipinski definition) is 3. The third-order valence-corrected chi connectivity index (χ3v) is 4.38. The van der Waals surface area contributed by atoms with Gasteiger partial charge in [-0.05, 0) is 66.3 Å². The molecule has 0 heterocycles. The summed E-state index contributed by atoms with van der Waals surface area (Å²) in [6.07, 6.45) is -0.920. The lowest BCUT2D eigenvalue weighted by atomic mass is 10.2. The van der Waals surface area contributed by atoms with E-state index < -0.39 is 18.0 Å². The molecule has 0 bridgehead atoms. The number of benzene rings is 2. The first-order valence-corrected chi connectivity index (χ1v) is 8.36. The van der Waals surface area contributed by atoms with E-state index in [1.54, 1.807) is 36.4 Å². The number of aryl methyl sites for hydroxylation is 1. The van der Waals surface area contributed by atoms with Crippen molar-refractivity contribution in [1.82, 2.24) is 0 Å². The number of carbonyl (C=O) groups excluding carboxylic acids is 2. The number of esters is 1. The average molecular weight is 444 g/mol. The Morgan fingerprint density at radius 1 is 1.22 bits per heavy atom. The Balaban J connectivity index is 2.04. The van der Waals surface area contributed by atoms with E-state index in [1.807, 2.05) is 13.0 Å². The summed E-state index contributed by atoms with van der Waals surface area (Å²) in [5.74, 6) is -0.935. The Labute approximate surface area is 153 Å². The van der Waals surface area contributed by atoms with Crippen molar-refractivity contribution in [3.8, 4) is 0 Å². The van der Waals surface area contributed by atoms with Crippen LogP contribution in [0, 0.1) is 10.5 Å². The van der Waals surface area contributed by atoms with Gasteiger partial charge in [0, 0.05) is 14.3 Å². The van der Waals surface area contributed by atoms with Crippen LogP contribution in [-0.2, 0) is 9.53 Å². The molecule has 6 heteroatoms. The molecule has 0 aliphatic rings. The number of anilines is 1. The molecule has 23 heavy (non-hydrogen) atoms. The van der Waals surface area contributed by atoms with E-state index in [4.69, 9.17) is 16.3 Å². The fraction of sp³-hybridized carbons (Fsp3) is 0.176. The molecule has 0 saturated carbocycles. The van der Waals surface area contributed by atoms with E-state index in [-0.39, 0.29) is 0 Å². The van der Waals surface area contributed by atoms with Crippen molar-refractivity contribution in [2.45, 2.75) is 20.0 Å². The van der Waals surface area contributed by atoms with Crippen molar-refractivity contribution in [2.75, 3.05) is 5.32 Å². The minimum Gasteiger partial charge on any atom is -0.449 e. The maximum absolute atomic E-state index is 12.2. The second-order valence-electron chi connectivity index (χ2n) is 4.98. The van der Waals surface area contributed by atoms with Gasteiger partial charge in [-0.2, -0.15) is 0 Å². The third-order valence-electron chi connectivity index (χ3n) is 3.20. The first-order valence-electron chi connectivity index (χ1n) is 6.91. The van der Waals surface area contributed by atoms with E-state index in [1.165, 1.54) is 6.92 Å². The van der Waals surface area contributed by atoms with Crippen molar-refractivity contribution in [3.05, 3.63) is 62.2 Å². The fourth-order valence-electron chi connectivity index (χ4n) is 1.87. The van der Waals surface area contributed by atoms with Gasteiger partial charge in [0.1, 0.15) is 0 Å². The lowest BCUT2D eigenvalue weighted by molar-refractivity contribution is -0.123. The van der Waals surface area contributed by atoms with Crippen LogP contribution in [0.3, 0.4) is 0 Å². The molecule has 0 aliphatic heterocycles. The Kier molecular flexibility index (Phi) is 6.01. The predicted octanol–water partition coefficient (Wildman–Crippen LogP) is 4.44. The monoisotopic (exact) mass is 443 g/mol. The van der Waals surface area contributed by atoms with Crippen LogP contribution >= 0.6 is 34.2 Å². The number of carbonyl (C=O) groups is 2. The molecule has 0 radical (unpaired) electrons. The molecule has 0 spiro atoms. The Hall–Kier alpha value is -1.60. The number of hydrogen-bond donors (Lipinski definition) is 1. The molecular formula is C17H15ClINO3. The molecule has 1 N–H and O–H groups in total. The van der Waals surface area contributed by atoms with E-state index in [0.29, 0.717) is 16.3 Å². The first-order chi connectivity index (χ1) is 10.9. The third kappa shape index (κ3) is 4.68. The van der Waals surface area contributed by atoms with Gasteiger partial charge in [0.15, 0.2) is 6.10 Å². The maximum atomic E-state index is 12.2. The maximum Gasteiger partial charge on any atom is 0.339 e. The molecule has 0 fully saturated rings. The molecule has 0 aromatic heterocycles.